The molecule has 0 radical (unpaired) electrons. The zero-order chi connectivity index (χ0) is 16.9. The van der Waals surface area contributed by atoms with Crippen LogP contribution in [0.25, 0.3) is 0 Å². The molecule has 120 valence electrons. The van der Waals surface area contributed by atoms with Gasteiger partial charge in [-0.2, -0.15) is 0 Å². The van der Waals surface area contributed by atoms with Gasteiger partial charge in [-0.05, 0) is 35.3 Å². The monoisotopic (exact) mass is 321 g/mol. The van der Waals surface area contributed by atoms with E-state index in [9.17, 15) is 9.59 Å². The minimum Gasteiger partial charge on any atom is -0.302 e. The van der Waals surface area contributed by atoms with Crippen LogP contribution < -0.4 is 16.2 Å². The van der Waals surface area contributed by atoms with E-state index >= 15 is 0 Å². The van der Waals surface area contributed by atoms with Crippen molar-refractivity contribution in [3.8, 4) is 0 Å². The van der Waals surface area contributed by atoms with Gasteiger partial charge in [0.05, 0.1) is 0 Å². The molecule has 1 aromatic rings. The maximum atomic E-state index is 12.0. The van der Waals surface area contributed by atoms with Crippen LogP contribution >= 0.6 is 12.2 Å². The van der Waals surface area contributed by atoms with E-state index in [0.29, 0.717) is 5.56 Å². The Morgan fingerprint density at radius 2 is 1.59 bits per heavy atom. The number of carbonyl (C=O) groups excluding carboxylic acids is 2. The van der Waals surface area contributed by atoms with Crippen LogP contribution in [0, 0.1) is 5.92 Å². The molecule has 6 heteroatoms. The Bertz CT molecular complexity index is 560. The Balaban J connectivity index is 2.56. The summed E-state index contributed by atoms with van der Waals surface area (Å²) in [6, 6.07) is 7.36. The molecule has 22 heavy (non-hydrogen) atoms. The number of benzene rings is 1. The van der Waals surface area contributed by atoms with Crippen LogP contribution in [0.4, 0.5) is 0 Å². The van der Waals surface area contributed by atoms with Gasteiger partial charge in [-0.1, -0.05) is 46.8 Å². The van der Waals surface area contributed by atoms with Gasteiger partial charge in [0.1, 0.15) is 0 Å². The van der Waals surface area contributed by atoms with Gasteiger partial charge in [0, 0.05) is 11.5 Å². The van der Waals surface area contributed by atoms with E-state index in [2.05, 4.69) is 36.9 Å². The van der Waals surface area contributed by atoms with Gasteiger partial charge in [0.15, 0.2) is 5.11 Å². The average molecular weight is 321 g/mol. The third kappa shape index (κ3) is 5.44. The number of nitrogens with one attached hydrogen (secondary N) is 3. The number of hydrazine groups is 1. The van der Waals surface area contributed by atoms with Gasteiger partial charge in [0.2, 0.25) is 5.91 Å². The fraction of sp³-hybridized carbons (Fsp3) is 0.438. The predicted octanol–water partition coefficient (Wildman–Crippen LogP) is 2.28. The lowest BCUT2D eigenvalue weighted by molar-refractivity contribution is -0.122. The highest BCUT2D eigenvalue weighted by molar-refractivity contribution is 7.80. The van der Waals surface area contributed by atoms with Gasteiger partial charge < -0.3 is 5.32 Å². The molecule has 0 unspecified atom stereocenters. The molecule has 0 bridgehead atoms. The van der Waals surface area contributed by atoms with Crippen LogP contribution in [0.3, 0.4) is 0 Å². The first-order chi connectivity index (χ1) is 10.1. The highest BCUT2D eigenvalue weighted by Gasteiger charge is 2.14. The van der Waals surface area contributed by atoms with Gasteiger partial charge in [-0.3, -0.25) is 20.4 Å². The minimum atomic E-state index is -0.318. The highest BCUT2D eigenvalue weighted by Crippen LogP contribution is 2.22. The van der Waals surface area contributed by atoms with Crippen molar-refractivity contribution < 1.29 is 9.59 Å². The van der Waals surface area contributed by atoms with Crippen LogP contribution in [0.5, 0.6) is 0 Å². The normalized spacial score (nSPS) is 11.0. The van der Waals surface area contributed by atoms with Crippen LogP contribution in [-0.4, -0.2) is 16.9 Å². The summed E-state index contributed by atoms with van der Waals surface area (Å²) < 4.78 is 0. The Morgan fingerprint density at radius 3 is 2.05 bits per heavy atom. The topological polar surface area (TPSA) is 70.2 Å². The van der Waals surface area contributed by atoms with E-state index in [1.54, 1.807) is 26.0 Å². The molecule has 0 atom stereocenters. The predicted molar refractivity (Wildman–Crippen MR) is 91.3 cm³/mol. The standard InChI is InChI=1S/C16H23N3O2S/c1-10(2)13(20)17-15(22)19-18-14(21)11-6-8-12(9-7-11)16(3,4)5/h6-10H,1-5H3,(H,18,21)(H2,17,19,20,22). The fourth-order valence-electron chi connectivity index (χ4n) is 1.59. The van der Waals surface area contributed by atoms with E-state index in [4.69, 9.17) is 12.2 Å². The van der Waals surface area contributed by atoms with Crippen LogP contribution in [0.15, 0.2) is 24.3 Å². The summed E-state index contributed by atoms with van der Waals surface area (Å²) in [5.41, 5.74) is 6.67. The molecule has 1 aromatic carbocycles. The first-order valence-electron chi connectivity index (χ1n) is 7.13. The summed E-state index contributed by atoms with van der Waals surface area (Å²) in [4.78, 5) is 23.4. The van der Waals surface area contributed by atoms with Crippen molar-refractivity contribution >= 4 is 29.1 Å². The third-order valence-electron chi connectivity index (χ3n) is 3.06. The van der Waals surface area contributed by atoms with Crippen LogP contribution in [0.1, 0.15) is 50.5 Å². The lowest BCUT2D eigenvalue weighted by Gasteiger charge is -2.19. The molecule has 0 aliphatic rings. The molecule has 0 saturated heterocycles. The molecule has 1 rings (SSSR count). The van der Waals surface area contributed by atoms with Crippen molar-refractivity contribution in [2.45, 2.75) is 40.0 Å². The number of amides is 2. The fourth-order valence-corrected chi connectivity index (χ4v) is 1.75. The van der Waals surface area contributed by atoms with Crippen molar-refractivity contribution in [1.29, 1.82) is 0 Å². The summed E-state index contributed by atoms with van der Waals surface area (Å²) in [6.07, 6.45) is 0. The Kier molecular flexibility index (Phi) is 6.05. The van der Waals surface area contributed by atoms with Crippen molar-refractivity contribution in [3.05, 3.63) is 35.4 Å². The van der Waals surface area contributed by atoms with E-state index in [0.717, 1.165) is 5.56 Å². The second-order valence-corrected chi connectivity index (χ2v) is 6.79. The van der Waals surface area contributed by atoms with Gasteiger partial charge in [-0.25, -0.2) is 0 Å². The second-order valence-electron chi connectivity index (χ2n) is 6.38. The number of thiocarbonyl (C=S) groups is 1. The summed E-state index contributed by atoms with van der Waals surface area (Å²) in [5, 5.41) is 2.55. The van der Waals surface area contributed by atoms with Gasteiger partial charge in [0.25, 0.3) is 5.91 Å². The number of rotatable bonds is 2. The second kappa shape index (κ2) is 7.35. The van der Waals surface area contributed by atoms with Crippen molar-refractivity contribution in [2.24, 2.45) is 5.92 Å². The van der Waals surface area contributed by atoms with Gasteiger partial charge >= 0.3 is 0 Å². The van der Waals surface area contributed by atoms with E-state index in [1.165, 1.54) is 0 Å². The Hall–Kier alpha value is -1.95. The SMILES string of the molecule is CC(C)C(=O)NC(=S)NNC(=O)c1ccc(C(C)(C)C)cc1. The van der Waals surface area contributed by atoms with E-state index in [-0.39, 0.29) is 28.3 Å². The molecule has 2 amide bonds. The first-order valence-corrected chi connectivity index (χ1v) is 7.54. The maximum absolute atomic E-state index is 12.0. The van der Waals surface area contributed by atoms with E-state index in [1.807, 2.05) is 12.1 Å². The summed E-state index contributed by atoms with van der Waals surface area (Å²) in [5.74, 6) is -0.705. The summed E-state index contributed by atoms with van der Waals surface area (Å²) >= 11 is 4.93. The first kappa shape index (κ1) is 18.1. The summed E-state index contributed by atoms with van der Waals surface area (Å²) in [6.45, 7) is 9.85. The quantitative estimate of drug-likeness (QED) is 0.577. The average Bonchev–Trinajstić information content (AvgIpc) is 2.43. The molecule has 0 aliphatic carbocycles. The molecule has 0 saturated carbocycles. The summed E-state index contributed by atoms with van der Waals surface area (Å²) in [7, 11) is 0. The van der Waals surface area contributed by atoms with E-state index < -0.39 is 0 Å². The highest BCUT2D eigenvalue weighted by atomic mass is 32.1. The zero-order valence-electron chi connectivity index (χ0n) is 13.6. The molecule has 0 heterocycles. The van der Waals surface area contributed by atoms with Crippen LogP contribution in [-0.2, 0) is 10.2 Å². The number of hydrogen-bond acceptors (Lipinski definition) is 3. The molecular weight excluding hydrogens is 298 g/mol. The van der Waals surface area contributed by atoms with Crippen molar-refractivity contribution in [2.75, 3.05) is 0 Å². The number of carbonyl (C=O) groups is 2. The van der Waals surface area contributed by atoms with Crippen molar-refractivity contribution in [3.63, 3.8) is 0 Å². The lowest BCUT2D eigenvalue weighted by Crippen LogP contribution is -2.49. The van der Waals surface area contributed by atoms with Crippen LogP contribution in [0.2, 0.25) is 0 Å². The molecule has 0 aromatic heterocycles. The molecule has 0 spiro atoms. The Labute approximate surface area is 136 Å². The van der Waals surface area contributed by atoms with Crippen molar-refractivity contribution in [1.82, 2.24) is 16.2 Å². The molecule has 0 aliphatic heterocycles. The molecule has 0 fully saturated rings. The Morgan fingerprint density at radius 1 is 1.05 bits per heavy atom. The molecule has 3 N–H and O–H groups in total. The number of hydrogen-bond donors (Lipinski definition) is 3. The van der Waals surface area contributed by atoms with Gasteiger partial charge in [-0.15, -0.1) is 0 Å². The largest absolute Gasteiger partial charge is 0.302 e. The molecular formula is C16H23N3O2S. The maximum Gasteiger partial charge on any atom is 0.269 e. The minimum absolute atomic E-state index is 0.0376. The lowest BCUT2D eigenvalue weighted by atomic mass is 9.87. The third-order valence-corrected chi connectivity index (χ3v) is 3.27. The smallest absolute Gasteiger partial charge is 0.269 e. The zero-order valence-corrected chi connectivity index (χ0v) is 14.4. The molecule has 5 nitrogen and oxygen atoms in total.